The van der Waals surface area contributed by atoms with Crippen LogP contribution in [0.25, 0.3) is 0 Å². The minimum atomic E-state index is -0.285. The van der Waals surface area contributed by atoms with Crippen molar-refractivity contribution in [1.29, 1.82) is 0 Å². The second kappa shape index (κ2) is 6.05. The van der Waals surface area contributed by atoms with Gasteiger partial charge in [0, 0.05) is 9.50 Å². The highest BCUT2D eigenvalue weighted by Crippen LogP contribution is 2.33. The quantitative estimate of drug-likeness (QED) is 0.619. The fourth-order valence-corrected chi connectivity index (χ4v) is 3.05. The van der Waals surface area contributed by atoms with Crippen LogP contribution in [0.3, 0.4) is 0 Å². The molecule has 1 atom stereocenters. The summed E-state index contributed by atoms with van der Waals surface area (Å²) in [6, 6.07) is 12.1. The lowest BCUT2D eigenvalue weighted by molar-refractivity contribution is 0.625. The van der Waals surface area contributed by atoms with Crippen molar-refractivity contribution in [3.05, 3.63) is 68.9 Å². The van der Waals surface area contributed by atoms with Crippen LogP contribution in [0.5, 0.6) is 0 Å². The molecule has 0 spiro atoms. The number of alkyl halides is 1. The molecule has 4 heteroatoms. The van der Waals surface area contributed by atoms with Gasteiger partial charge in [0.25, 0.3) is 0 Å². The Morgan fingerprint density at radius 1 is 1.17 bits per heavy atom. The first-order valence-electron chi connectivity index (χ1n) is 5.40. The minimum Gasteiger partial charge on any atom is -0.207 e. The zero-order valence-corrected chi connectivity index (χ0v) is 12.4. The summed E-state index contributed by atoms with van der Waals surface area (Å²) in [6.07, 6.45) is 0.603. The van der Waals surface area contributed by atoms with E-state index in [0.717, 1.165) is 11.1 Å². The van der Waals surface area contributed by atoms with Gasteiger partial charge in [-0.1, -0.05) is 51.8 Å². The van der Waals surface area contributed by atoms with Gasteiger partial charge in [0.2, 0.25) is 0 Å². The molecule has 0 aliphatic heterocycles. The van der Waals surface area contributed by atoms with Crippen LogP contribution in [-0.4, -0.2) is 0 Å². The molecule has 0 aliphatic carbocycles. The second-order valence-corrected chi connectivity index (χ2v) is 5.72. The molecule has 2 rings (SSSR count). The Hall–Kier alpha value is -0.570. The average molecular weight is 348 g/mol. The SMILES string of the molecule is Fc1ccc(C(Cl)Cc2ccccc2Cl)c(Br)c1. The van der Waals surface area contributed by atoms with Crippen LogP contribution in [0.1, 0.15) is 16.5 Å². The van der Waals surface area contributed by atoms with Gasteiger partial charge >= 0.3 is 0 Å². The van der Waals surface area contributed by atoms with Gasteiger partial charge in [-0.2, -0.15) is 0 Å². The normalized spacial score (nSPS) is 12.4. The van der Waals surface area contributed by atoms with E-state index in [2.05, 4.69) is 15.9 Å². The molecule has 2 aromatic rings. The van der Waals surface area contributed by atoms with Gasteiger partial charge in [-0.3, -0.25) is 0 Å². The Morgan fingerprint density at radius 3 is 2.56 bits per heavy atom. The van der Waals surface area contributed by atoms with Gasteiger partial charge in [-0.15, -0.1) is 11.6 Å². The van der Waals surface area contributed by atoms with E-state index >= 15 is 0 Å². The van der Waals surface area contributed by atoms with E-state index in [1.54, 1.807) is 6.07 Å². The number of hydrogen-bond donors (Lipinski definition) is 0. The van der Waals surface area contributed by atoms with Gasteiger partial charge in [0.15, 0.2) is 0 Å². The van der Waals surface area contributed by atoms with Gasteiger partial charge in [0.1, 0.15) is 5.82 Å². The van der Waals surface area contributed by atoms with Crippen molar-refractivity contribution in [2.45, 2.75) is 11.8 Å². The van der Waals surface area contributed by atoms with Crippen LogP contribution < -0.4 is 0 Å². The first-order chi connectivity index (χ1) is 8.58. The van der Waals surface area contributed by atoms with Crippen molar-refractivity contribution in [3.8, 4) is 0 Å². The summed E-state index contributed by atoms with van der Waals surface area (Å²) in [4.78, 5) is 0. The van der Waals surface area contributed by atoms with E-state index in [-0.39, 0.29) is 11.2 Å². The number of hydrogen-bond acceptors (Lipinski definition) is 0. The third kappa shape index (κ3) is 3.25. The topological polar surface area (TPSA) is 0 Å². The molecule has 2 aromatic carbocycles. The third-order valence-corrected chi connectivity index (χ3v) is 4.10. The molecule has 0 aliphatic rings. The first kappa shape index (κ1) is 13.9. The number of rotatable bonds is 3. The summed E-state index contributed by atoms with van der Waals surface area (Å²) in [5, 5.41) is 0.446. The van der Waals surface area contributed by atoms with Crippen molar-refractivity contribution in [1.82, 2.24) is 0 Å². The molecule has 0 saturated carbocycles. The zero-order chi connectivity index (χ0) is 13.1. The van der Waals surface area contributed by atoms with Crippen molar-refractivity contribution in [2.24, 2.45) is 0 Å². The molecule has 0 nitrogen and oxygen atoms in total. The first-order valence-corrected chi connectivity index (χ1v) is 7.01. The van der Waals surface area contributed by atoms with Crippen LogP contribution in [0.4, 0.5) is 4.39 Å². The summed E-state index contributed by atoms with van der Waals surface area (Å²) >= 11 is 15.8. The highest BCUT2D eigenvalue weighted by atomic mass is 79.9. The summed E-state index contributed by atoms with van der Waals surface area (Å²) in [5.41, 5.74) is 1.84. The molecule has 0 radical (unpaired) electrons. The molecule has 0 heterocycles. The molecule has 0 N–H and O–H groups in total. The van der Waals surface area contributed by atoms with Crippen molar-refractivity contribution in [2.75, 3.05) is 0 Å². The highest BCUT2D eigenvalue weighted by molar-refractivity contribution is 9.10. The number of benzene rings is 2. The molecular weight excluding hydrogens is 338 g/mol. The Labute approximate surface area is 124 Å². The second-order valence-electron chi connectivity index (χ2n) is 3.93. The van der Waals surface area contributed by atoms with Gasteiger partial charge < -0.3 is 0 Å². The number of halogens is 4. The van der Waals surface area contributed by atoms with Gasteiger partial charge in [-0.05, 0) is 35.7 Å². The molecule has 0 bridgehead atoms. The smallest absolute Gasteiger partial charge is 0.124 e. The lowest BCUT2D eigenvalue weighted by Crippen LogP contribution is -1.98. The maximum absolute atomic E-state index is 13.0. The van der Waals surface area contributed by atoms with Gasteiger partial charge in [0.05, 0.1) is 5.38 Å². The monoisotopic (exact) mass is 346 g/mol. The maximum Gasteiger partial charge on any atom is 0.124 e. The van der Waals surface area contributed by atoms with Crippen molar-refractivity contribution in [3.63, 3.8) is 0 Å². The third-order valence-electron chi connectivity index (χ3n) is 2.66. The van der Waals surface area contributed by atoms with Crippen LogP contribution in [0.15, 0.2) is 46.9 Å². The van der Waals surface area contributed by atoms with Gasteiger partial charge in [-0.25, -0.2) is 4.39 Å². The molecular formula is C14H10BrCl2F. The van der Waals surface area contributed by atoms with E-state index in [9.17, 15) is 4.39 Å². The maximum atomic E-state index is 13.0. The zero-order valence-electron chi connectivity index (χ0n) is 9.34. The van der Waals surface area contributed by atoms with Crippen LogP contribution in [0.2, 0.25) is 5.02 Å². The van der Waals surface area contributed by atoms with Crippen LogP contribution in [-0.2, 0) is 6.42 Å². The lowest BCUT2D eigenvalue weighted by atomic mass is 10.0. The Kier molecular flexibility index (Phi) is 4.66. The predicted molar refractivity (Wildman–Crippen MR) is 77.9 cm³/mol. The molecule has 1 unspecified atom stereocenters. The van der Waals surface area contributed by atoms with Crippen LogP contribution in [0, 0.1) is 5.82 Å². The lowest BCUT2D eigenvalue weighted by Gasteiger charge is -2.13. The van der Waals surface area contributed by atoms with E-state index in [1.165, 1.54) is 12.1 Å². The van der Waals surface area contributed by atoms with Crippen molar-refractivity contribution < 1.29 is 4.39 Å². The summed E-state index contributed by atoms with van der Waals surface area (Å²) in [7, 11) is 0. The molecule has 0 fully saturated rings. The van der Waals surface area contributed by atoms with E-state index in [1.807, 2.05) is 24.3 Å². The Balaban J connectivity index is 2.22. The summed E-state index contributed by atoms with van der Waals surface area (Å²) in [6.45, 7) is 0. The standard InChI is InChI=1S/C14H10BrCl2F/c15-12-8-10(18)5-6-11(12)14(17)7-9-3-1-2-4-13(9)16/h1-6,8,14H,7H2. The Morgan fingerprint density at radius 2 is 1.89 bits per heavy atom. The Bertz CT molecular complexity index is 557. The highest BCUT2D eigenvalue weighted by Gasteiger charge is 2.14. The molecule has 0 amide bonds. The van der Waals surface area contributed by atoms with E-state index in [4.69, 9.17) is 23.2 Å². The summed E-state index contributed by atoms with van der Waals surface area (Å²) < 4.78 is 13.7. The molecule has 0 saturated heterocycles. The minimum absolute atomic E-state index is 0.250. The largest absolute Gasteiger partial charge is 0.207 e. The van der Waals surface area contributed by atoms with E-state index < -0.39 is 0 Å². The fourth-order valence-electron chi connectivity index (χ4n) is 1.72. The van der Waals surface area contributed by atoms with E-state index in [0.29, 0.717) is 15.9 Å². The summed E-state index contributed by atoms with van der Waals surface area (Å²) in [5.74, 6) is -0.285. The predicted octanol–water partition coefficient (Wildman–Crippen LogP) is 5.76. The molecule has 0 aromatic heterocycles. The van der Waals surface area contributed by atoms with Crippen LogP contribution >= 0.6 is 39.1 Å². The molecule has 18 heavy (non-hydrogen) atoms. The fraction of sp³-hybridized carbons (Fsp3) is 0.143. The average Bonchev–Trinajstić information content (AvgIpc) is 2.32. The molecule has 94 valence electrons. The van der Waals surface area contributed by atoms with Crippen molar-refractivity contribution >= 4 is 39.1 Å².